The van der Waals surface area contributed by atoms with E-state index < -0.39 is 15.9 Å². The van der Waals surface area contributed by atoms with Crippen LogP contribution in [0, 0.1) is 6.92 Å². The zero-order valence-corrected chi connectivity index (χ0v) is 11.1. The van der Waals surface area contributed by atoms with Crippen LogP contribution in [0.4, 0.5) is 0 Å². The number of aliphatic hydroxyl groups excluding tert-OH is 1. The first-order valence-electron chi connectivity index (χ1n) is 5.75. The molecular formula is C12H19NO3S. The highest BCUT2D eigenvalue weighted by Crippen LogP contribution is 2.17. The second-order valence-corrected chi connectivity index (χ2v) is 6.63. The summed E-state index contributed by atoms with van der Waals surface area (Å²) in [4.78, 5) is 4.08. The first-order valence-corrected chi connectivity index (χ1v) is 7.58. The second kappa shape index (κ2) is 6.12. The minimum Gasteiger partial charge on any atom is -0.387 e. The van der Waals surface area contributed by atoms with Crippen LogP contribution in [0.25, 0.3) is 0 Å². The van der Waals surface area contributed by atoms with Gasteiger partial charge in [-0.05, 0) is 37.5 Å². The van der Waals surface area contributed by atoms with Gasteiger partial charge >= 0.3 is 0 Å². The van der Waals surface area contributed by atoms with Crippen LogP contribution in [-0.2, 0) is 9.84 Å². The van der Waals surface area contributed by atoms with Gasteiger partial charge in [-0.2, -0.15) is 0 Å². The highest BCUT2D eigenvalue weighted by molar-refractivity contribution is 7.91. The van der Waals surface area contributed by atoms with Crippen LogP contribution in [0.1, 0.15) is 37.1 Å². The average molecular weight is 257 g/mol. The molecule has 0 radical (unpaired) electrons. The molecule has 1 aromatic rings. The summed E-state index contributed by atoms with van der Waals surface area (Å²) in [6.07, 6.45) is 1.86. The molecule has 1 N–H and O–H groups in total. The van der Waals surface area contributed by atoms with Gasteiger partial charge in [-0.15, -0.1) is 0 Å². The van der Waals surface area contributed by atoms with Gasteiger partial charge in [0.05, 0.1) is 17.6 Å². The fourth-order valence-electron chi connectivity index (χ4n) is 1.53. The van der Waals surface area contributed by atoms with E-state index in [1.165, 1.54) is 0 Å². The summed E-state index contributed by atoms with van der Waals surface area (Å²) in [5.74, 6) is 0.290. The standard InChI is InChI=1S/C12H19NO3S/c1-3-17(15,16)8-4-5-12(14)11-9-10(2)6-7-13-11/h6-7,9,12,14H,3-5,8H2,1-2H3. The molecule has 0 aromatic carbocycles. The van der Waals surface area contributed by atoms with Crippen LogP contribution < -0.4 is 0 Å². The summed E-state index contributed by atoms with van der Waals surface area (Å²) < 4.78 is 22.5. The maximum atomic E-state index is 11.3. The van der Waals surface area contributed by atoms with E-state index in [1.54, 1.807) is 13.1 Å². The van der Waals surface area contributed by atoms with Gasteiger partial charge in [0.2, 0.25) is 0 Å². The number of pyridine rings is 1. The SMILES string of the molecule is CCS(=O)(=O)CCCC(O)c1cc(C)ccn1. The molecule has 0 amide bonds. The molecule has 0 fully saturated rings. The van der Waals surface area contributed by atoms with E-state index in [2.05, 4.69) is 4.98 Å². The van der Waals surface area contributed by atoms with E-state index >= 15 is 0 Å². The van der Waals surface area contributed by atoms with Gasteiger partial charge in [0.15, 0.2) is 0 Å². The Balaban J connectivity index is 2.48. The molecule has 0 aliphatic heterocycles. The number of sulfone groups is 1. The summed E-state index contributed by atoms with van der Waals surface area (Å²) in [5.41, 5.74) is 1.65. The molecule has 1 aromatic heterocycles. The molecule has 4 nitrogen and oxygen atoms in total. The highest BCUT2D eigenvalue weighted by Gasteiger charge is 2.12. The predicted molar refractivity (Wildman–Crippen MR) is 67.5 cm³/mol. The monoisotopic (exact) mass is 257 g/mol. The van der Waals surface area contributed by atoms with E-state index in [0.29, 0.717) is 18.5 Å². The van der Waals surface area contributed by atoms with Crippen molar-refractivity contribution in [3.8, 4) is 0 Å². The maximum absolute atomic E-state index is 11.3. The Morgan fingerprint density at radius 1 is 1.47 bits per heavy atom. The fraction of sp³-hybridized carbons (Fsp3) is 0.583. The lowest BCUT2D eigenvalue weighted by Crippen LogP contribution is -2.10. The van der Waals surface area contributed by atoms with E-state index in [9.17, 15) is 13.5 Å². The molecule has 0 saturated carbocycles. The smallest absolute Gasteiger partial charge is 0.150 e. The van der Waals surface area contributed by atoms with Crippen molar-refractivity contribution >= 4 is 9.84 Å². The Morgan fingerprint density at radius 3 is 2.76 bits per heavy atom. The summed E-state index contributed by atoms with van der Waals surface area (Å²) in [5, 5.41) is 9.86. The molecule has 1 heterocycles. The largest absolute Gasteiger partial charge is 0.387 e. The lowest BCUT2D eigenvalue weighted by molar-refractivity contribution is 0.162. The second-order valence-electron chi connectivity index (χ2n) is 4.15. The van der Waals surface area contributed by atoms with Gasteiger partial charge in [-0.1, -0.05) is 6.92 Å². The van der Waals surface area contributed by atoms with Gasteiger partial charge in [0, 0.05) is 11.9 Å². The van der Waals surface area contributed by atoms with Crippen LogP contribution in [0.3, 0.4) is 0 Å². The zero-order valence-electron chi connectivity index (χ0n) is 10.3. The van der Waals surface area contributed by atoms with E-state index in [1.807, 2.05) is 19.1 Å². The number of hydrogen-bond donors (Lipinski definition) is 1. The van der Waals surface area contributed by atoms with Crippen molar-refractivity contribution < 1.29 is 13.5 Å². The number of aryl methyl sites for hydroxylation is 1. The molecule has 1 atom stereocenters. The Morgan fingerprint density at radius 2 is 2.18 bits per heavy atom. The molecule has 0 bridgehead atoms. The highest BCUT2D eigenvalue weighted by atomic mass is 32.2. The lowest BCUT2D eigenvalue weighted by atomic mass is 10.1. The van der Waals surface area contributed by atoms with Crippen molar-refractivity contribution in [1.29, 1.82) is 0 Å². The number of nitrogens with zero attached hydrogens (tertiary/aromatic N) is 1. The summed E-state index contributed by atoms with van der Waals surface area (Å²) in [6.45, 7) is 3.56. The Bertz CT molecular complexity index is 457. The molecule has 0 saturated heterocycles. The molecule has 1 rings (SSSR count). The van der Waals surface area contributed by atoms with Crippen molar-refractivity contribution in [2.45, 2.75) is 32.8 Å². The van der Waals surface area contributed by atoms with Crippen molar-refractivity contribution in [1.82, 2.24) is 4.98 Å². The number of hydrogen-bond acceptors (Lipinski definition) is 4. The molecule has 0 aliphatic carbocycles. The minimum absolute atomic E-state index is 0.131. The first-order chi connectivity index (χ1) is 7.94. The maximum Gasteiger partial charge on any atom is 0.150 e. The van der Waals surface area contributed by atoms with Crippen LogP contribution in [0.5, 0.6) is 0 Å². The van der Waals surface area contributed by atoms with Crippen molar-refractivity contribution in [3.63, 3.8) is 0 Å². The topological polar surface area (TPSA) is 67.3 Å². The van der Waals surface area contributed by atoms with E-state index in [4.69, 9.17) is 0 Å². The van der Waals surface area contributed by atoms with Crippen molar-refractivity contribution in [2.75, 3.05) is 11.5 Å². The molecule has 5 heteroatoms. The Hall–Kier alpha value is -0.940. The van der Waals surface area contributed by atoms with Gasteiger partial charge in [-0.3, -0.25) is 4.98 Å². The molecule has 0 aliphatic rings. The van der Waals surface area contributed by atoms with Crippen molar-refractivity contribution in [2.24, 2.45) is 0 Å². The van der Waals surface area contributed by atoms with Crippen LogP contribution in [0.15, 0.2) is 18.3 Å². The third-order valence-corrected chi connectivity index (χ3v) is 4.44. The summed E-state index contributed by atoms with van der Waals surface area (Å²) in [6, 6.07) is 3.68. The minimum atomic E-state index is -2.94. The third-order valence-electron chi connectivity index (χ3n) is 2.65. The van der Waals surface area contributed by atoms with Gasteiger partial charge in [0.25, 0.3) is 0 Å². The normalized spacial score (nSPS) is 13.6. The predicted octanol–water partition coefficient (Wildman–Crippen LogP) is 1.64. The quantitative estimate of drug-likeness (QED) is 0.841. The van der Waals surface area contributed by atoms with Crippen LogP contribution in [0.2, 0.25) is 0 Å². The molecule has 96 valence electrons. The van der Waals surface area contributed by atoms with Gasteiger partial charge in [0.1, 0.15) is 9.84 Å². The zero-order chi connectivity index (χ0) is 12.9. The van der Waals surface area contributed by atoms with Gasteiger partial charge in [-0.25, -0.2) is 8.42 Å². The number of rotatable bonds is 6. The van der Waals surface area contributed by atoms with Crippen molar-refractivity contribution in [3.05, 3.63) is 29.6 Å². The van der Waals surface area contributed by atoms with Crippen LogP contribution >= 0.6 is 0 Å². The molecular weight excluding hydrogens is 238 g/mol. The number of aromatic nitrogens is 1. The van der Waals surface area contributed by atoms with Crippen LogP contribution in [-0.4, -0.2) is 30.0 Å². The molecule has 0 spiro atoms. The summed E-state index contributed by atoms with van der Waals surface area (Å²) >= 11 is 0. The lowest BCUT2D eigenvalue weighted by Gasteiger charge is -2.10. The van der Waals surface area contributed by atoms with Gasteiger partial charge < -0.3 is 5.11 Å². The first kappa shape index (κ1) is 14.1. The third kappa shape index (κ3) is 4.83. The van der Waals surface area contributed by atoms with E-state index in [-0.39, 0.29) is 11.5 Å². The molecule has 17 heavy (non-hydrogen) atoms. The number of aliphatic hydroxyl groups is 1. The van der Waals surface area contributed by atoms with E-state index in [0.717, 1.165) is 5.56 Å². The Kier molecular flexibility index (Phi) is 5.08. The Labute approximate surface area is 103 Å². The fourth-order valence-corrected chi connectivity index (χ4v) is 2.43. The molecule has 1 unspecified atom stereocenters. The summed E-state index contributed by atoms with van der Waals surface area (Å²) in [7, 11) is -2.94. The average Bonchev–Trinajstić information content (AvgIpc) is 2.28.